The SMILES string of the molecule is COP(=O)(COC1CCCCO1)OC. The van der Waals surface area contributed by atoms with E-state index >= 15 is 0 Å². The maximum Gasteiger partial charge on any atom is 0.355 e. The lowest BCUT2D eigenvalue weighted by Gasteiger charge is -2.24. The molecule has 5 nitrogen and oxygen atoms in total. The van der Waals surface area contributed by atoms with Crippen LogP contribution in [0, 0.1) is 0 Å². The van der Waals surface area contributed by atoms with Crippen LogP contribution in [-0.2, 0) is 23.1 Å². The Morgan fingerprint density at radius 3 is 2.57 bits per heavy atom. The summed E-state index contributed by atoms with van der Waals surface area (Å²) < 4.78 is 31.6. The molecule has 0 aromatic carbocycles. The predicted octanol–water partition coefficient (Wildman–Crippen LogP) is 1.97. The molecule has 1 atom stereocenters. The van der Waals surface area contributed by atoms with Gasteiger partial charge in [0, 0.05) is 20.8 Å². The van der Waals surface area contributed by atoms with E-state index in [4.69, 9.17) is 18.5 Å². The Morgan fingerprint density at radius 2 is 2.07 bits per heavy atom. The van der Waals surface area contributed by atoms with Crippen LogP contribution in [0.4, 0.5) is 0 Å². The molecule has 0 radical (unpaired) electrons. The van der Waals surface area contributed by atoms with Gasteiger partial charge in [0.05, 0.1) is 0 Å². The second kappa shape index (κ2) is 5.83. The van der Waals surface area contributed by atoms with Crippen LogP contribution in [0.2, 0.25) is 0 Å². The van der Waals surface area contributed by atoms with Crippen LogP contribution in [0.25, 0.3) is 0 Å². The molecule has 0 bridgehead atoms. The zero-order chi connectivity index (χ0) is 10.4. The van der Waals surface area contributed by atoms with Gasteiger partial charge in [0.2, 0.25) is 0 Å². The second-order valence-corrected chi connectivity index (χ2v) is 5.28. The quantitative estimate of drug-likeness (QED) is 0.668. The summed E-state index contributed by atoms with van der Waals surface area (Å²) in [6.07, 6.45) is 2.67. The number of rotatable bonds is 5. The predicted molar refractivity (Wildman–Crippen MR) is 51.2 cm³/mol. The van der Waals surface area contributed by atoms with E-state index in [2.05, 4.69) is 0 Å². The molecule has 1 aliphatic rings. The second-order valence-electron chi connectivity index (χ2n) is 3.07. The van der Waals surface area contributed by atoms with Crippen molar-refractivity contribution in [2.24, 2.45) is 0 Å². The Labute approximate surface area is 84.2 Å². The van der Waals surface area contributed by atoms with E-state index < -0.39 is 7.60 Å². The molecule has 0 aromatic rings. The first-order valence-electron chi connectivity index (χ1n) is 4.64. The van der Waals surface area contributed by atoms with Crippen molar-refractivity contribution >= 4 is 7.60 Å². The first-order chi connectivity index (χ1) is 6.70. The minimum Gasteiger partial charge on any atom is -0.353 e. The van der Waals surface area contributed by atoms with Crippen LogP contribution in [0.1, 0.15) is 19.3 Å². The topological polar surface area (TPSA) is 54.0 Å². The molecule has 1 fully saturated rings. The molecule has 1 heterocycles. The number of hydrogen-bond acceptors (Lipinski definition) is 5. The van der Waals surface area contributed by atoms with Crippen LogP contribution >= 0.6 is 7.60 Å². The van der Waals surface area contributed by atoms with Gasteiger partial charge in [-0.3, -0.25) is 4.57 Å². The summed E-state index contributed by atoms with van der Waals surface area (Å²) in [6, 6.07) is 0. The summed E-state index contributed by atoms with van der Waals surface area (Å²) in [5, 5.41) is 0. The van der Waals surface area contributed by atoms with Crippen molar-refractivity contribution in [3.63, 3.8) is 0 Å². The van der Waals surface area contributed by atoms with Crippen molar-refractivity contribution in [3.05, 3.63) is 0 Å². The standard InChI is InChI=1S/C8H17O5P/c1-10-14(9,11-2)7-13-8-5-3-4-6-12-8/h8H,3-7H2,1-2H3. The Morgan fingerprint density at radius 1 is 1.36 bits per heavy atom. The van der Waals surface area contributed by atoms with Crippen LogP contribution in [0.15, 0.2) is 0 Å². The molecule has 0 aliphatic carbocycles. The summed E-state index contributed by atoms with van der Waals surface area (Å²) >= 11 is 0. The minimum atomic E-state index is -3.05. The maximum atomic E-state index is 11.6. The molecule has 6 heteroatoms. The fraction of sp³-hybridized carbons (Fsp3) is 1.00. The van der Waals surface area contributed by atoms with E-state index in [0.717, 1.165) is 19.3 Å². The summed E-state index contributed by atoms with van der Waals surface area (Å²) in [5.41, 5.74) is 0. The van der Waals surface area contributed by atoms with Crippen molar-refractivity contribution < 1.29 is 23.1 Å². The summed E-state index contributed by atoms with van der Waals surface area (Å²) in [7, 11) is -0.365. The fourth-order valence-corrected chi connectivity index (χ4v) is 1.91. The molecule has 0 spiro atoms. The summed E-state index contributed by atoms with van der Waals surface area (Å²) in [4.78, 5) is 0. The van der Waals surface area contributed by atoms with E-state index in [1.807, 2.05) is 0 Å². The molecule has 0 amide bonds. The lowest BCUT2D eigenvalue weighted by molar-refractivity contribution is -0.153. The van der Waals surface area contributed by atoms with E-state index in [1.165, 1.54) is 14.2 Å². The Bertz CT molecular complexity index is 194. The number of hydrogen-bond donors (Lipinski definition) is 0. The largest absolute Gasteiger partial charge is 0.355 e. The van der Waals surface area contributed by atoms with E-state index in [9.17, 15) is 4.57 Å². The summed E-state index contributed by atoms with van der Waals surface area (Å²) in [5.74, 6) is 0. The molecule has 0 aromatic heterocycles. The average Bonchev–Trinajstić information content (AvgIpc) is 2.27. The fourth-order valence-electron chi connectivity index (χ4n) is 1.20. The van der Waals surface area contributed by atoms with Crippen LogP contribution in [-0.4, -0.2) is 33.5 Å². The van der Waals surface area contributed by atoms with Gasteiger partial charge in [0.25, 0.3) is 0 Å². The lowest BCUT2D eigenvalue weighted by Crippen LogP contribution is -2.22. The third-order valence-corrected chi connectivity index (χ3v) is 3.69. The van der Waals surface area contributed by atoms with Crippen molar-refractivity contribution in [2.75, 3.05) is 27.2 Å². The third-order valence-electron chi connectivity index (χ3n) is 2.11. The molecule has 1 saturated heterocycles. The van der Waals surface area contributed by atoms with Crippen LogP contribution < -0.4 is 0 Å². The van der Waals surface area contributed by atoms with Crippen molar-refractivity contribution in [2.45, 2.75) is 25.6 Å². The Balaban J connectivity index is 2.27. The van der Waals surface area contributed by atoms with E-state index in [-0.39, 0.29) is 12.6 Å². The van der Waals surface area contributed by atoms with Crippen LogP contribution in [0.5, 0.6) is 0 Å². The van der Waals surface area contributed by atoms with Crippen molar-refractivity contribution in [1.82, 2.24) is 0 Å². The molecule has 84 valence electrons. The lowest BCUT2D eigenvalue weighted by atomic mass is 10.2. The monoisotopic (exact) mass is 224 g/mol. The van der Waals surface area contributed by atoms with Gasteiger partial charge in [-0.25, -0.2) is 0 Å². The van der Waals surface area contributed by atoms with Gasteiger partial charge < -0.3 is 18.5 Å². The van der Waals surface area contributed by atoms with Gasteiger partial charge >= 0.3 is 7.60 Å². The van der Waals surface area contributed by atoms with Gasteiger partial charge in [0.1, 0.15) is 0 Å². The molecule has 0 saturated carbocycles. The van der Waals surface area contributed by atoms with E-state index in [0.29, 0.717) is 6.61 Å². The third kappa shape index (κ3) is 3.67. The van der Waals surface area contributed by atoms with Gasteiger partial charge in [-0.15, -0.1) is 0 Å². The van der Waals surface area contributed by atoms with Gasteiger partial charge in [-0.05, 0) is 19.3 Å². The maximum absolute atomic E-state index is 11.6. The van der Waals surface area contributed by atoms with Gasteiger partial charge in [-0.1, -0.05) is 0 Å². The van der Waals surface area contributed by atoms with Gasteiger partial charge in [-0.2, -0.15) is 0 Å². The highest BCUT2D eigenvalue weighted by atomic mass is 31.2. The summed E-state index contributed by atoms with van der Waals surface area (Å²) in [6.45, 7) is 0.703. The average molecular weight is 224 g/mol. The zero-order valence-electron chi connectivity index (χ0n) is 8.60. The highest BCUT2D eigenvalue weighted by Gasteiger charge is 2.24. The molecular weight excluding hydrogens is 207 g/mol. The molecule has 0 N–H and O–H groups in total. The highest BCUT2D eigenvalue weighted by Crippen LogP contribution is 2.46. The van der Waals surface area contributed by atoms with Crippen molar-refractivity contribution in [1.29, 1.82) is 0 Å². The molecule has 14 heavy (non-hydrogen) atoms. The zero-order valence-corrected chi connectivity index (χ0v) is 9.50. The van der Waals surface area contributed by atoms with Gasteiger partial charge in [0.15, 0.2) is 12.6 Å². The highest BCUT2D eigenvalue weighted by molar-refractivity contribution is 7.53. The first-order valence-corrected chi connectivity index (χ1v) is 6.37. The first kappa shape index (κ1) is 12.1. The smallest absolute Gasteiger partial charge is 0.353 e. The molecule has 1 unspecified atom stereocenters. The Hall–Kier alpha value is 0.0700. The minimum absolute atomic E-state index is 0.0509. The number of ether oxygens (including phenoxy) is 2. The van der Waals surface area contributed by atoms with Crippen molar-refractivity contribution in [3.8, 4) is 0 Å². The van der Waals surface area contributed by atoms with Crippen LogP contribution in [0.3, 0.4) is 0 Å². The normalized spacial score (nSPS) is 23.7. The Kier molecular flexibility index (Phi) is 5.06. The molecular formula is C8H17O5P. The van der Waals surface area contributed by atoms with E-state index in [1.54, 1.807) is 0 Å². The molecule has 1 rings (SSSR count). The molecule has 1 aliphatic heterocycles.